The summed E-state index contributed by atoms with van der Waals surface area (Å²) >= 11 is 5.13. The van der Waals surface area contributed by atoms with Crippen molar-refractivity contribution in [3.8, 4) is 0 Å². The molecule has 0 fully saturated rings. The van der Waals surface area contributed by atoms with E-state index in [1.165, 1.54) is 13.2 Å². The van der Waals surface area contributed by atoms with Crippen molar-refractivity contribution in [2.45, 2.75) is 0 Å². The van der Waals surface area contributed by atoms with Gasteiger partial charge in [-0.1, -0.05) is 18.2 Å². The molecule has 0 saturated carbocycles. The molecule has 1 aromatic carbocycles. The quantitative estimate of drug-likeness (QED) is 0.449. The number of carbonyl (C=O) groups is 2. The summed E-state index contributed by atoms with van der Waals surface area (Å²) in [6.45, 7) is 0. The van der Waals surface area contributed by atoms with Gasteiger partial charge in [0.05, 0.1) is 12.7 Å². The van der Waals surface area contributed by atoms with Crippen molar-refractivity contribution in [3.05, 3.63) is 41.5 Å². The fraction of sp³-hybridized carbons (Fsp3) is 0.0909. The fourth-order valence-electron chi connectivity index (χ4n) is 1.01. The molecule has 0 saturated heterocycles. The second-order valence-corrected chi connectivity index (χ2v) is 3.12. The van der Waals surface area contributed by atoms with Crippen LogP contribution in [0.25, 0.3) is 6.08 Å². The van der Waals surface area contributed by atoms with E-state index < -0.39 is 5.24 Å². The standard InChI is InChI=1S/C11H9ClO3/c1-15-11(14)9-5-2-8(3-6-9)4-7-10(12)13/h2-7H,1H3/b7-4+. The summed E-state index contributed by atoms with van der Waals surface area (Å²) in [6.07, 6.45) is 2.81. The van der Waals surface area contributed by atoms with Gasteiger partial charge in [-0.15, -0.1) is 0 Å². The smallest absolute Gasteiger partial charge is 0.337 e. The maximum absolute atomic E-state index is 11.1. The predicted molar refractivity (Wildman–Crippen MR) is 57.7 cm³/mol. The molecule has 0 aromatic heterocycles. The van der Waals surface area contributed by atoms with E-state index in [-0.39, 0.29) is 5.97 Å². The third-order valence-corrected chi connectivity index (χ3v) is 1.86. The van der Waals surface area contributed by atoms with E-state index in [4.69, 9.17) is 11.6 Å². The van der Waals surface area contributed by atoms with E-state index in [9.17, 15) is 9.59 Å². The summed E-state index contributed by atoms with van der Waals surface area (Å²) in [5.41, 5.74) is 1.25. The lowest BCUT2D eigenvalue weighted by Crippen LogP contribution is -2.00. The van der Waals surface area contributed by atoms with Crippen molar-refractivity contribution in [2.75, 3.05) is 7.11 Å². The summed E-state index contributed by atoms with van der Waals surface area (Å²) in [6, 6.07) is 6.62. The van der Waals surface area contributed by atoms with Crippen molar-refractivity contribution in [2.24, 2.45) is 0 Å². The van der Waals surface area contributed by atoms with E-state index >= 15 is 0 Å². The Morgan fingerprint density at radius 2 is 1.87 bits per heavy atom. The predicted octanol–water partition coefficient (Wildman–Crippen LogP) is 2.25. The Bertz CT molecular complexity index is 393. The Morgan fingerprint density at radius 3 is 2.33 bits per heavy atom. The monoisotopic (exact) mass is 224 g/mol. The molecule has 0 aliphatic heterocycles. The molecule has 0 amide bonds. The molecule has 0 radical (unpaired) electrons. The zero-order chi connectivity index (χ0) is 11.3. The highest BCUT2D eigenvalue weighted by molar-refractivity contribution is 6.66. The Balaban J connectivity index is 2.81. The van der Waals surface area contributed by atoms with E-state index in [2.05, 4.69) is 4.74 Å². The van der Waals surface area contributed by atoms with Gasteiger partial charge in [-0.2, -0.15) is 0 Å². The van der Waals surface area contributed by atoms with Gasteiger partial charge in [0, 0.05) is 0 Å². The molecule has 0 aliphatic rings. The molecule has 0 aliphatic carbocycles. The summed E-state index contributed by atoms with van der Waals surface area (Å²) in [5, 5.41) is -0.535. The molecular formula is C11H9ClO3. The molecule has 0 spiro atoms. The van der Waals surface area contributed by atoms with Crippen LogP contribution in [0.3, 0.4) is 0 Å². The SMILES string of the molecule is COC(=O)c1ccc(/C=C/C(=O)Cl)cc1. The van der Waals surface area contributed by atoms with Crippen LogP contribution in [-0.4, -0.2) is 18.3 Å². The van der Waals surface area contributed by atoms with Crippen LogP contribution in [0.1, 0.15) is 15.9 Å². The van der Waals surface area contributed by atoms with E-state index in [0.29, 0.717) is 5.56 Å². The molecule has 0 bridgehead atoms. The van der Waals surface area contributed by atoms with Gasteiger partial charge in [-0.05, 0) is 35.4 Å². The minimum atomic E-state index is -0.535. The number of hydrogen-bond donors (Lipinski definition) is 0. The van der Waals surface area contributed by atoms with Gasteiger partial charge in [-0.3, -0.25) is 4.79 Å². The van der Waals surface area contributed by atoms with Crippen LogP contribution < -0.4 is 0 Å². The molecule has 1 rings (SSSR count). The fourth-order valence-corrected chi connectivity index (χ4v) is 1.07. The van der Waals surface area contributed by atoms with Crippen molar-refractivity contribution in [1.29, 1.82) is 0 Å². The molecule has 4 heteroatoms. The second kappa shape index (κ2) is 5.32. The maximum Gasteiger partial charge on any atom is 0.337 e. The highest BCUT2D eigenvalue weighted by atomic mass is 35.5. The van der Waals surface area contributed by atoms with Gasteiger partial charge in [0.25, 0.3) is 0 Å². The minimum absolute atomic E-state index is 0.390. The first-order valence-electron chi connectivity index (χ1n) is 4.19. The molecule has 0 unspecified atom stereocenters. The Morgan fingerprint density at radius 1 is 1.27 bits per heavy atom. The first-order chi connectivity index (χ1) is 7.13. The van der Waals surface area contributed by atoms with Gasteiger partial charge in [0.2, 0.25) is 5.24 Å². The number of methoxy groups -OCH3 is 1. The molecule has 1 aromatic rings. The Hall–Kier alpha value is -1.61. The van der Waals surface area contributed by atoms with Gasteiger partial charge < -0.3 is 4.74 Å². The zero-order valence-corrected chi connectivity index (χ0v) is 8.82. The number of esters is 1. The van der Waals surface area contributed by atoms with Crippen LogP contribution in [0.5, 0.6) is 0 Å². The number of benzene rings is 1. The van der Waals surface area contributed by atoms with Crippen LogP contribution in [0, 0.1) is 0 Å². The van der Waals surface area contributed by atoms with Gasteiger partial charge in [0.15, 0.2) is 0 Å². The van der Waals surface area contributed by atoms with Crippen molar-refractivity contribution < 1.29 is 14.3 Å². The van der Waals surface area contributed by atoms with Crippen LogP contribution in [0.2, 0.25) is 0 Å². The first-order valence-corrected chi connectivity index (χ1v) is 4.57. The van der Waals surface area contributed by atoms with Crippen molar-refractivity contribution in [3.63, 3.8) is 0 Å². The average molecular weight is 225 g/mol. The molecular weight excluding hydrogens is 216 g/mol. The van der Waals surface area contributed by atoms with Crippen molar-refractivity contribution >= 4 is 28.9 Å². The number of allylic oxidation sites excluding steroid dienone is 1. The van der Waals surface area contributed by atoms with Crippen molar-refractivity contribution in [1.82, 2.24) is 0 Å². The molecule has 0 heterocycles. The number of hydrogen-bond acceptors (Lipinski definition) is 3. The second-order valence-electron chi connectivity index (χ2n) is 2.75. The van der Waals surface area contributed by atoms with Gasteiger partial charge in [-0.25, -0.2) is 4.79 Å². The molecule has 3 nitrogen and oxygen atoms in total. The van der Waals surface area contributed by atoms with Gasteiger partial charge in [0.1, 0.15) is 0 Å². The largest absolute Gasteiger partial charge is 0.465 e. The first kappa shape index (κ1) is 11.5. The Labute approximate surface area is 92.3 Å². The third-order valence-electron chi connectivity index (χ3n) is 1.74. The van der Waals surface area contributed by atoms with E-state index in [1.807, 2.05) is 0 Å². The zero-order valence-electron chi connectivity index (χ0n) is 8.07. The van der Waals surface area contributed by atoms with Crippen LogP contribution >= 0.6 is 11.6 Å². The molecule has 78 valence electrons. The lowest BCUT2D eigenvalue weighted by molar-refractivity contribution is -0.107. The highest BCUT2D eigenvalue weighted by Crippen LogP contribution is 2.07. The topological polar surface area (TPSA) is 43.4 Å². The number of halogens is 1. The number of carbonyl (C=O) groups excluding carboxylic acids is 2. The molecule has 0 atom stereocenters. The van der Waals surface area contributed by atoms with E-state index in [1.54, 1.807) is 30.3 Å². The summed E-state index contributed by atoms with van der Waals surface area (Å²) in [4.78, 5) is 21.5. The van der Waals surface area contributed by atoms with E-state index in [0.717, 1.165) is 5.56 Å². The van der Waals surface area contributed by atoms with Gasteiger partial charge >= 0.3 is 5.97 Å². The summed E-state index contributed by atoms with van der Waals surface area (Å²) in [7, 11) is 1.32. The summed E-state index contributed by atoms with van der Waals surface area (Å²) in [5.74, 6) is -0.390. The van der Waals surface area contributed by atoms with Crippen LogP contribution in [0.4, 0.5) is 0 Å². The minimum Gasteiger partial charge on any atom is -0.465 e. The number of rotatable bonds is 3. The maximum atomic E-state index is 11.1. The third kappa shape index (κ3) is 3.56. The lowest BCUT2D eigenvalue weighted by atomic mass is 10.1. The average Bonchev–Trinajstić information content (AvgIpc) is 2.26. The van der Waals surface area contributed by atoms with Crippen LogP contribution in [-0.2, 0) is 9.53 Å². The highest BCUT2D eigenvalue weighted by Gasteiger charge is 2.02. The Kier molecular flexibility index (Phi) is 4.06. The molecule has 15 heavy (non-hydrogen) atoms. The normalized spacial score (nSPS) is 10.3. The number of ether oxygens (including phenoxy) is 1. The summed E-state index contributed by atoms with van der Waals surface area (Å²) < 4.78 is 4.54. The van der Waals surface area contributed by atoms with Crippen LogP contribution in [0.15, 0.2) is 30.3 Å². The molecule has 0 N–H and O–H groups in total. The lowest BCUT2D eigenvalue weighted by Gasteiger charge is -1.98.